The average Bonchev–Trinajstić information content (AvgIpc) is 1.59. The minimum absolute atomic E-state index is 0.285. The fraction of sp³-hybridized carbons (Fsp3) is 1.00. The topological polar surface area (TPSA) is 0 Å². The van der Waals surface area contributed by atoms with Gasteiger partial charge in [0.05, 0.1) is 0 Å². The summed E-state index contributed by atoms with van der Waals surface area (Å²) in [4.78, 5) is 0. The van der Waals surface area contributed by atoms with Crippen molar-refractivity contribution in [2.24, 2.45) is 0 Å². The monoisotopic (exact) mass is 156 g/mol. The van der Waals surface area contributed by atoms with E-state index in [1.165, 1.54) is 0 Å². The minimum atomic E-state index is -0.363. The normalized spacial score (nSPS) is 13.6. The van der Waals surface area contributed by atoms with Crippen LogP contribution in [-0.2, 0) is 0 Å². The first-order chi connectivity index (χ1) is 4.15. The van der Waals surface area contributed by atoms with Crippen LogP contribution in [0.4, 0.5) is 0 Å². The Hall–Kier alpha value is 0.365. The van der Waals surface area contributed by atoms with Gasteiger partial charge in [0.2, 0.25) is 0 Å². The van der Waals surface area contributed by atoms with Gasteiger partial charge >= 0.3 is 66.1 Å². The second kappa shape index (κ2) is 2.78. The first-order valence-electron chi connectivity index (χ1n) is 3.71. The van der Waals surface area contributed by atoms with Crippen molar-refractivity contribution in [1.29, 1.82) is 0 Å². The van der Waals surface area contributed by atoms with E-state index in [1.807, 2.05) is 0 Å². The molecule has 0 aliphatic rings. The van der Waals surface area contributed by atoms with Crippen LogP contribution in [0.3, 0.4) is 0 Å². The van der Waals surface area contributed by atoms with Crippen LogP contribution in [0.25, 0.3) is 0 Å². The van der Waals surface area contributed by atoms with Gasteiger partial charge in [0.15, 0.2) is 0 Å². The van der Waals surface area contributed by atoms with Crippen molar-refractivity contribution in [2.75, 3.05) is 0 Å². The van der Waals surface area contributed by atoms with E-state index in [-0.39, 0.29) is 17.5 Å². The Kier molecular flexibility index (Phi) is 2.88. The van der Waals surface area contributed by atoms with E-state index >= 15 is 0 Å². The van der Waals surface area contributed by atoms with E-state index in [4.69, 9.17) is 7.01 Å². The first kappa shape index (κ1) is 10.4. The Morgan fingerprint density at radius 2 is 1.00 bits per heavy atom. The Morgan fingerprint density at radius 1 is 0.800 bits per heavy atom. The third-order valence-electron chi connectivity index (χ3n) is 1.45. The van der Waals surface area contributed by atoms with Gasteiger partial charge < -0.3 is 0 Å². The molecule has 2 heteroatoms. The van der Waals surface area contributed by atoms with Crippen LogP contribution in [-0.4, -0.2) is 17.3 Å². The van der Waals surface area contributed by atoms with Crippen LogP contribution in [0.2, 0.25) is 0 Å². The zero-order valence-corrected chi connectivity index (χ0v) is 8.92. The Balaban J connectivity index is 4.46. The summed E-state index contributed by atoms with van der Waals surface area (Å²) in [6, 6.07) is 0. The predicted molar refractivity (Wildman–Crippen MR) is 52.2 cm³/mol. The van der Waals surface area contributed by atoms with Crippen molar-refractivity contribution in [3.63, 3.8) is 0 Å². The molecule has 0 spiro atoms. The van der Waals surface area contributed by atoms with Gasteiger partial charge in [0.25, 0.3) is 0 Å². The molecule has 0 radical (unpaired) electrons. The molecule has 10 heavy (non-hydrogen) atoms. The van der Waals surface area contributed by atoms with Crippen LogP contribution < -0.4 is 0 Å². The molecule has 0 amide bonds. The summed E-state index contributed by atoms with van der Waals surface area (Å²) >= 11 is 0. The summed E-state index contributed by atoms with van der Waals surface area (Å²) in [6.07, 6.45) is 0. The van der Waals surface area contributed by atoms with E-state index < -0.39 is 0 Å². The van der Waals surface area contributed by atoms with Crippen LogP contribution in [0, 0.1) is 0 Å². The van der Waals surface area contributed by atoms with Crippen molar-refractivity contribution in [3.05, 3.63) is 0 Å². The Labute approximate surface area is 66.8 Å². The van der Waals surface area contributed by atoms with Gasteiger partial charge in [0, 0.05) is 0 Å². The number of hydrogen-bond acceptors (Lipinski definition) is 0. The third kappa shape index (κ3) is 2.97. The van der Waals surface area contributed by atoms with E-state index in [9.17, 15) is 0 Å². The van der Waals surface area contributed by atoms with E-state index in [0.29, 0.717) is 0 Å². The standard InChI is InChI=1S/C8H18BP/c1-7(2,3)10(9)8(4,5)6/h1-6H3. The SMILES string of the molecule is B#P(C(C)(C)C)C(C)(C)C. The third-order valence-corrected chi connectivity index (χ3v) is 4.34. The van der Waals surface area contributed by atoms with Crippen molar-refractivity contribution in [3.8, 4) is 0 Å². The molecule has 0 aliphatic heterocycles. The van der Waals surface area contributed by atoms with E-state index in [2.05, 4.69) is 41.5 Å². The summed E-state index contributed by atoms with van der Waals surface area (Å²) in [7, 11) is 5.73. The van der Waals surface area contributed by atoms with Crippen molar-refractivity contribution < 1.29 is 0 Å². The number of hydrogen-bond donors (Lipinski definition) is 0. The first-order valence-corrected chi connectivity index (χ1v) is 5.12. The van der Waals surface area contributed by atoms with Crippen molar-refractivity contribution in [1.82, 2.24) is 0 Å². The van der Waals surface area contributed by atoms with Crippen LogP contribution >= 0.6 is 7.24 Å². The molecular formula is C8H18BP. The molecule has 58 valence electrons. The molecule has 0 bridgehead atoms. The molecule has 0 fully saturated rings. The molecule has 0 aromatic rings. The zero-order chi connectivity index (χ0) is 8.58. The van der Waals surface area contributed by atoms with Gasteiger partial charge in [-0.2, -0.15) is 0 Å². The molecule has 0 nitrogen and oxygen atoms in total. The molecule has 0 heterocycles. The molecule has 0 N–H and O–H groups in total. The van der Waals surface area contributed by atoms with E-state index in [0.717, 1.165) is 0 Å². The molecule has 0 atom stereocenters. The zero-order valence-electron chi connectivity index (χ0n) is 8.02. The predicted octanol–water partition coefficient (Wildman–Crippen LogP) is 3.15. The van der Waals surface area contributed by atoms with Gasteiger partial charge in [-0.25, -0.2) is 0 Å². The van der Waals surface area contributed by atoms with Gasteiger partial charge in [0.1, 0.15) is 0 Å². The summed E-state index contributed by atoms with van der Waals surface area (Å²) in [6.45, 7) is 13.3. The summed E-state index contributed by atoms with van der Waals surface area (Å²) in [5.74, 6) is 0. The molecule has 0 aliphatic carbocycles. The second-order valence-electron chi connectivity index (χ2n) is 4.71. The Morgan fingerprint density at radius 3 is 1.00 bits per heavy atom. The van der Waals surface area contributed by atoms with Crippen LogP contribution in [0.1, 0.15) is 41.5 Å². The van der Waals surface area contributed by atoms with Gasteiger partial charge in [-0.15, -0.1) is 0 Å². The number of rotatable bonds is 0. The molecule has 0 rings (SSSR count). The summed E-state index contributed by atoms with van der Waals surface area (Å²) < 4.78 is 0. The molecule has 0 saturated carbocycles. The fourth-order valence-electron chi connectivity index (χ4n) is 1.01. The molecular weight excluding hydrogens is 138 g/mol. The van der Waals surface area contributed by atoms with Gasteiger partial charge in [-0.1, -0.05) is 0 Å². The van der Waals surface area contributed by atoms with Crippen LogP contribution in [0.15, 0.2) is 0 Å². The molecule has 0 aromatic heterocycles. The van der Waals surface area contributed by atoms with Crippen molar-refractivity contribution in [2.45, 2.75) is 51.9 Å². The second-order valence-corrected chi connectivity index (χ2v) is 8.13. The maximum atomic E-state index is 6.09. The molecule has 0 saturated heterocycles. The average molecular weight is 156 g/mol. The summed E-state index contributed by atoms with van der Waals surface area (Å²) in [5.41, 5.74) is 0. The maximum absolute atomic E-state index is 6.09. The summed E-state index contributed by atoms with van der Waals surface area (Å²) in [5, 5.41) is 0.571. The Bertz CT molecular complexity index is 154. The molecule has 0 aromatic carbocycles. The molecule has 0 unspecified atom stereocenters. The van der Waals surface area contributed by atoms with E-state index in [1.54, 1.807) is 0 Å². The van der Waals surface area contributed by atoms with Crippen LogP contribution in [0.5, 0.6) is 0 Å². The quantitative estimate of drug-likeness (QED) is 0.373. The van der Waals surface area contributed by atoms with Crippen molar-refractivity contribution >= 4 is 14.2 Å². The van der Waals surface area contributed by atoms with Gasteiger partial charge in [-0.3, -0.25) is 0 Å². The van der Waals surface area contributed by atoms with Gasteiger partial charge in [-0.05, 0) is 0 Å². The fourth-order valence-corrected chi connectivity index (χ4v) is 3.02.